The van der Waals surface area contributed by atoms with Crippen LogP contribution in [0.2, 0.25) is 0 Å². The maximum Gasteiger partial charge on any atom is 0.295 e. The number of rotatable bonds is 5. The summed E-state index contributed by atoms with van der Waals surface area (Å²) in [4.78, 5) is -0.0626. The highest BCUT2D eigenvalue weighted by Crippen LogP contribution is 2.32. The number of nitrogens with two attached hydrogens (primary N) is 1. The summed E-state index contributed by atoms with van der Waals surface area (Å²) in [5.74, 6) is 0. The zero-order valence-corrected chi connectivity index (χ0v) is 17.3. The Kier molecular flexibility index (Phi) is 10.8. The average Bonchev–Trinajstić information content (AvgIpc) is 2.50. The predicted molar refractivity (Wildman–Crippen MR) is 114 cm³/mol. The van der Waals surface area contributed by atoms with E-state index in [2.05, 4.69) is 0 Å². The number of hydrogen-bond acceptors (Lipinski definition) is 3. The van der Waals surface area contributed by atoms with Crippen LogP contribution in [0.3, 0.4) is 0 Å². The van der Waals surface area contributed by atoms with Crippen molar-refractivity contribution in [3.63, 3.8) is 0 Å². The third kappa shape index (κ3) is 7.52. The van der Waals surface area contributed by atoms with Gasteiger partial charge in [-0.25, -0.2) is 0 Å². The second-order valence-electron chi connectivity index (χ2n) is 5.93. The first-order chi connectivity index (χ1) is 12.1. The molecule has 0 aliphatic carbocycles. The highest BCUT2D eigenvalue weighted by molar-refractivity contribution is 7.86. The van der Waals surface area contributed by atoms with Crippen LogP contribution in [0, 0.1) is 0 Å². The molecule has 3 N–H and O–H groups in total. The fraction of sp³-hybridized carbons (Fsp3) is 0.333. The molecule has 0 fully saturated rings. The second-order valence-corrected chi connectivity index (χ2v) is 7.29. The van der Waals surface area contributed by atoms with Gasteiger partial charge in [0.2, 0.25) is 0 Å². The van der Waals surface area contributed by atoms with Crippen LogP contribution in [0.15, 0.2) is 35.3 Å². The van der Waals surface area contributed by atoms with Crippen molar-refractivity contribution in [2.75, 3.05) is 0 Å². The van der Waals surface area contributed by atoms with Gasteiger partial charge in [-0.3, -0.25) is 4.55 Å². The Balaban J connectivity index is 0.00000141. The molecule has 1 rings (SSSR count). The van der Waals surface area contributed by atoms with Crippen LogP contribution in [-0.4, -0.2) is 19.0 Å². The van der Waals surface area contributed by atoms with Gasteiger partial charge >= 0.3 is 0 Å². The molecule has 0 unspecified atom stereocenters. The molecule has 1 aromatic rings. The fourth-order valence-electron chi connectivity index (χ4n) is 2.32. The summed E-state index contributed by atoms with van der Waals surface area (Å²) in [6.45, 7) is 11.2. The molecule has 0 aliphatic heterocycles. The maximum atomic E-state index is 12.0. The Labute approximate surface area is 158 Å². The topological polar surface area (TPSA) is 80.4 Å². The second kappa shape index (κ2) is 11.6. The van der Waals surface area contributed by atoms with Crippen molar-refractivity contribution in [3.8, 4) is 0 Å². The van der Waals surface area contributed by atoms with Gasteiger partial charge < -0.3 is 5.73 Å². The number of allylic oxidation sites excluding steroid dienone is 4. The van der Waals surface area contributed by atoms with E-state index in [0.29, 0.717) is 17.2 Å². The van der Waals surface area contributed by atoms with Gasteiger partial charge in [0.15, 0.2) is 0 Å². The molecule has 0 spiro atoms. The Morgan fingerprint density at radius 1 is 0.846 bits per heavy atom. The van der Waals surface area contributed by atoms with Gasteiger partial charge in [0.05, 0.1) is 0 Å². The predicted octanol–water partition coefficient (Wildman–Crippen LogP) is 5.42. The van der Waals surface area contributed by atoms with E-state index >= 15 is 0 Å². The van der Waals surface area contributed by atoms with E-state index in [4.69, 9.17) is 5.73 Å². The van der Waals surface area contributed by atoms with Gasteiger partial charge in [-0.15, -0.1) is 0 Å². The third-order valence-electron chi connectivity index (χ3n) is 3.04. The standard InChI is InChI=1S/C18H22O3S.C3H9N/c1-5-9-14-13-15(10-6-2)17(12-8-4)18(22(19,20)21)16(14)11-7-3;1-3(2)4/h5-13H,1-4H3,(H,19,20,21);3H,4H2,1-2H3. The summed E-state index contributed by atoms with van der Waals surface area (Å²) in [7, 11) is -4.36. The minimum absolute atomic E-state index is 0.0626. The summed E-state index contributed by atoms with van der Waals surface area (Å²) in [6, 6.07) is 2.25. The fourth-order valence-corrected chi connectivity index (χ4v) is 3.25. The maximum absolute atomic E-state index is 12.0. The summed E-state index contributed by atoms with van der Waals surface area (Å²) in [5.41, 5.74) is 7.58. The van der Waals surface area contributed by atoms with E-state index in [1.54, 1.807) is 24.3 Å². The van der Waals surface area contributed by atoms with E-state index in [-0.39, 0.29) is 4.90 Å². The van der Waals surface area contributed by atoms with Crippen LogP contribution in [-0.2, 0) is 10.1 Å². The van der Waals surface area contributed by atoms with Crippen molar-refractivity contribution < 1.29 is 13.0 Å². The monoisotopic (exact) mass is 377 g/mol. The molecule has 0 radical (unpaired) electrons. The van der Waals surface area contributed by atoms with Crippen LogP contribution in [0.1, 0.15) is 63.8 Å². The van der Waals surface area contributed by atoms with Crippen LogP contribution in [0.5, 0.6) is 0 Å². The summed E-state index contributed by atoms with van der Waals surface area (Å²) >= 11 is 0. The van der Waals surface area contributed by atoms with Gasteiger partial charge in [-0.1, -0.05) is 62.5 Å². The van der Waals surface area contributed by atoms with Crippen molar-refractivity contribution in [1.82, 2.24) is 0 Å². The molecule has 4 nitrogen and oxygen atoms in total. The average molecular weight is 378 g/mol. The molecular weight excluding hydrogens is 346 g/mol. The molecule has 0 aromatic heterocycles. The largest absolute Gasteiger partial charge is 0.328 e. The highest BCUT2D eigenvalue weighted by Gasteiger charge is 2.22. The van der Waals surface area contributed by atoms with Crippen LogP contribution in [0.4, 0.5) is 0 Å². The SMILES string of the molecule is CC(C)N.CC=Cc1cc(C=CC)c(C=CC)c(S(=O)(=O)O)c1C=CC. The first-order valence-electron chi connectivity index (χ1n) is 8.58. The van der Waals surface area contributed by atoms with Crippen molar-refractivity contribution in [2.24, 2.45) is 5.73 Å². The molecule has 5 heteroatoms. The summed E-state index contributed by atoms with van der Waals surface area (Å²) in [5, 5.41) is 0. The van der Waals surface area contributed by atoms with Crippen molar-refractivity contribution in [2.45, 2.75) is 52.5 Å². The molecule has 0 aliphatic rings. The smallest absolute Gasteiger partial charge is 0.295 e. The molecule has 26 heavy (non-hydrogen) atoms. The Morgan fingerprint density at radius 3 is 1.38 bits per heavy atom. The van der Waals surface area contributed by atoms with Crippen LogP contribution < -0.4 is 5.73 Å². The Bertz CT molecular complexity index is 750. The van der Waals surface area contributed by atoms with Gasteiger partial charge in [0.25, 0.3) is 10.1 Å². The van der Waals surface area contributed by atoms with Crippen molar-refractivity contribution in [3.05, 3.63) is 52.6 Å². The van der Waals surface area contributed by atoms with E-state index in [9.17, 15) is 13.0 Å². The minimum Gasteiger partial charge on any atom is -0.328 e. The number of hydrogen-bond donors (Lipinski definition) is 2. The van der Waals surface area contributed by atoms with Gasteiger partial charge in [0.1, 0.15) is 4.90 Å². The first-order valence-corrected chi connectivity index (χ1v) is 10.0. The first kappa shape index (κ1) is 24.1. The summed E-state index contributed by atoms with van der Waals surface area (Å²) in [6.07, 6.45) is 14.2. The molecule has 144 valence electrons. The molecule has 0 atom stereocenters. The highest BCUT2D eigenvalue weighted by atomic mass is 32.2. The quantitative estimate of drug-likeness (QED) is 0.671. The lowest BCUT2D eigenvalue weighted by Crippen LogP contribution is -2.07. The van der Waals surface area contributed by atoms with Gasteiger partial charge in [0, 0.05) is 11.1 Å². The molecule has 0 heterocycles. The molecule has 0 amide bonds. The lowest BCUT2D eigenvalue weighted by Gasteiger charge is -2.14. The molecule has 0 bridgehead atoms. The Morgan fingerprint density at radius 2 is 1.15 bits per heavy atom. The molecule has 0 saturated carbocycles. The third-order valence-corrected chi connectivity index (χ3v) is 4.00. The Hall–Kier alpha value is -1.95. The van der Waals surface area contributed by atoms with Gasteiger partial charge in [-0.2, -0.15) is 8.42 Å². The van der Waals surface area contributed by atoms with E-state index in [1.807, 2.05) is 71.9 Å². The minimum atomic E-state index is -4.36. The van der Waals surface area contributed by atoms with Crippen LogP contribution >= 0.6 is 0 Å². The van der Waals surface area contributed by atoms with E-state index < -0.39 is 10.1 Å². The lowest BCUT2D eigenvalue weighted by molar-refractivity contribution is 0.483. The zero-order valence-electron chi connectivity index (χ0n) is 16.5. The molecular formula is C21H31NO3S. The number of benzene rings is 1. The molecule has 1 aromatic carbocycles. The van der Waals surface area contributed by atoms with Gasteiger partial charge in [-0.05, 0) is 50.9 Å². The lowest BCUT2D eigenvalue weighted by atomic mass is 9.96. The van der Waals surface area contributed by atoms with Crippen molar-refractivity contribution >= 4 is 34.4 Å². The summed E-state index contributed by atoms with van der Waals surface area (Å²) < 4.78 is 33.7. The van der Waals surface area contributed by atoms with Crippen LogP contribution in [0.25, 0.3) is 24.3 Å². The van der Waals surface area contributed by atoms with E-state index in [1.165, 1.54) is 0 Å². The molecule has 0 saturated heterocycles. The van der Waals surface area contributed by atoms with E-state index in [0.717, 1.165) is 11.1 Å². The van der Waals surface area contributed by atoms with Crippen molar-refractivity contribution in [1.29, 1.82) is 0 Å². The zero-order chi connectivity index (χ0) is 20.3. The normalized spacial score (nSPS) is 12.7.